The monoisotopic (exact) mass is 542 g/mol. The van der Waals surface area contributed by atoms with E-state index in [1.165, 1.54) is 39.5 Å². The van der Waals surface area contributed by atoms with Crippen LogP contribution in [0.1, 0.15) is 15.9 Å². The predicted molar refractivity (Wildman–Crippen MR) is 141 cm³/mol. The van der Waals surface area contributed by atoms with Crippen molar-refractivity contribution in [2.24, 2.45) is 0 Å². The molecule has 1 aliphatic heterocycles. The Morgan fingerprint density at radius 1 is 1.05 bits per heavy atom. The molecule has 3 aromatic carbocycles. The summed E-state index contributed by atoms with van der Waals surface area (Å²) in [6.07, 6.45) is 0.638. The Morgan fingerprint density at radius 2 is 1.78 bits per heavy atom. The molecule has 0 saturated carbocycles. The number of thiazole rings is 1. The summed E-state index contributed by atoms with van der Waals surface area (Å²) in [5.74, 6) is -1.93. The van der Waals surface area contributed by atoms with Crippen LogP contribution in [-0.2, 0) is 16.4 Å². The normalized spacial score (nSPS) is 13.4. The number of carbonyl (C=O) groups is 1. The number of para-hydroxylation sites is 1. The lowest BCUT2D eigenvalue weighted by molar-refractivity contribution is 0.0985. The van der Waals surface area contributed by atoms with Crippen molar-refractivity contribution in [3.8, 4) is 0 Å². The molecule has 0 aliphatic carbocycles. The van der Waals surface area contributed by atoms with Crippen LogP contribution in [0.4, 0.5) is 19.6 Å². The largest absolute Gasteiger partial charge is 0.308 e. The van der Waals surface area contributed by atoms with Crippen molar-refractivity contribution in [1.29, 1.82) is 0 Å². The molecule has 0 atom stereocenters. The zero-order valence-electron chi connectivity index (χ0n) is 20.2. The first-order chi connectivity index (χ1) is 17.6. The van der Waals surface area contributed by atoms with Gasteiger partial charge in [-0.05, 0) is 62.5 Å². The molecule has 1 amide bonds. The molecule has 0 fully saturated rings. The average Bonchev–Trinajstić information content (AvgIpc) is 3.49. The van der Waals surface area contributed by atoms with Crippen LogP contribution in [0.3, 0.4) is 0 Å². The topological polar surface area (TPSA) is 73.8 Å². The quantitative estimate of drug-likeness (QED) is 0.343. The van der Waals surface area contributed by atoms with Crippen molar-refractivity contribution >= 4 is 48.3 Å². The van der Waals surface area contributed by atoms with Gasteiger partial charge in [0.15, 0.2) is 10.9 Å². The highest BCUT2D eigenvalue weighted by Crippen LogP contribution is 2.34. The van der Waals surface area contributed by atoms with E-state index in [-0.39, 0.29) is 27.7 Å². The first kappa shape index (κ1) is 25.2. The van der Waals surface area contributed by atoms with Crippen molar-refractivity contribution in [2.75, 3.05) is 42.9 Å². The van der Waals surface area contributed by atoms with Crippen molar-refractivity contribution in [1.82, 2.24) is 9.88 Å². The highest BCUT2D eigenvalue weighted by molar-refractivity contribution is 7.92. The number of halogens is 2. The van der Waals surface area contributed by atoms with Crippen molar-refractivity contribution in [2.45, 2.75) is 11.3 Å². The van der Waals surface area contributed by atoms with Gasteiger partial charge >= 0.3 is 0 Å². The molecule has 7 nitrogen and oxygen atoms in total. The van der Waals surface area contributed by atoms with E-state index < -0.39 is 27.6 Å². The maximum Gasteiger partial charge on any atom is 0.264 e. The van der Waals surface area contributed by atoms with E-state index >= 15 is 0 Å². The maximum absolute atomic E-state index is 14.3. The van der Waals surface area contributed by atoms with Gasteiger partial charge in [0.2, 0.25) is 0 Å². The van der Waals surface area contributed by atoms with E-state index in [1.54, 1.807) is 12.1 Å². The number of hydrogen-bond donors (Lipinski definition) is 0. The number of fused-ring (bicyclic) bond motifs is 2. The lowest BCUT2D eigenvalue weighted by Gasteiger charge is -2.22. The average molecular weight is 543 g/mol. The van der Waals surface area contributed by atoms with E-state index in [4.69, 9.17) is 0 Å². The van der Waals surface area contributed by atoms with Gasteiger partial charge < -0.3 is 4.90 Å². The molecule has 2 heterocycles. The Balaban J connectivity index is 1.45. The zero-order chi connectivity index (χ0) is 26.3. The summed E-state index contributed by atoms with van der Waals surface area (Å²) in [4.78, 5) is 21.2. The van der Waals surface area contributed by atoms with E-state index in [0.29, 0.717) is 29.9 Å². The summed E-state index contributed by atoms with van der Waals surface area (Å²) >= 11 is 1.02. The fourth-order valence-electron chi connectivity index (χ4n) is 4.26. The Hall–Kier alpha value is -3.41. The molecule has 4 aromatic rings. The minimum Gasteiger partial charge on any atom is -0.308 e. The van der Waals surface area contributed by atoms with Crippen LogP contribution in [0.2, 0.25) is 0 Å². The van der Waals surface area contributed by atoms with Crippen LogP contribution in [0.25, 0.3) is 10.2 Å². The third kappa shape index (κ3) is 4.81. The molecule has 0 saturated heterocycles. The Bertz CT molecular complexity index is 1590. The fourth-order valence-corrected chi connectivity index (χ4v) is 6.79. The molecule has 1 aliphatic rings. The maximum atomic E-state index is 14.3. The highest BCUT2D eigenvalue weighted by atomic mass is 32.2. The number of aromatic nitrogens is 1. The van der Waals surface area contributed by atoms with Gasteiger partial charge in [-0.25, -0.2) is 22.2 Å². The number of nitrogens with zero attached hydrogens (tertiary/aromatic N) is 4. The van der Waals surface area contributed by atoms with Crippen molar-refractivity contribution in [3.05, 3.63) is 83.4 Å². The molecule has 0 bridgehead atoms. The number of carbonyl (C=O) groups excluding carboxylic acids is 1. The van der Waals surface area contributed by atoms with Crippen LogP contribution in [0.15, 0.2) is 65.6 Å². The van der Waals surface area contributed by atoms with E-state index in [2.05, 4.69) is 4.98 Å². The number of likely N-dealkylation sites (N-methyl/N-ethyl adjacent to an activating group) is 1. The molecule has 0 unspecified atom stereocenters. The molecule has 5 rings (SSSR count). The minimum atomic E-state index is -3.80. The fraction of sp³-hybridized carbons (Fsp3) is 0.231. The SMILES string of the molecule is CN(C)CCN(C(=O)c1ccc(S(=O)(=O)N2CCc3ccccc32)cc1)c1nc2c(F)cc(F)cc2s1. The third-order valence-corrected chi connectivity index (χ3v) is 9.04. The van der Waals surface area contributed by atoms with Gasteiger partial charge in [0.1, 0.15) is 11.3 Å². The van der Waals surface area contributed by atoms with Gasteiger partial charge in [-0.15, -0.1) is 0 Å². The van der Waals surface area contributed by atoms with Crippen LogP contribution in [0.5, 0.6) is 0 Å². The van der Waals surface area contributed by atoms with Gasteiger partial charge in [0, 0.05) is 31.3 Å². The summed E-state index contributed by atoms with van der Waals surface area (Å²) in [6.45, 7) is 1.11. The molecule has 37 heavy (non-hydrogen) atoms. The molecule has 11 heteroatoms. The summed E-state index contributed by atoms with van der Waals surface area (Å²) < 4.78 is 56.3. The number of anilines is 2. The first-order valence-electron chi connectivity index (χ1n) is 11.6. The van der Waals surface area contributed by atoms with Crippen molar-refractivity contribution in [3.63, 3.8) is 0 Å². The number of benzene rings is 3. The summed E-state index contributed by atoms with van der Waals surface area (Å²) in [6, 6.07) is 15.1. The molecule has 1 aromatic heterocycles. The Kier molecular flexibility index (Phi) is 6.69. The van der Waals surface area contributed by atoms with Crippen LogP contribution in [-0.4, -0.2) is 57.9 Å². The lowest BCUT2D eigenvalue weighted by atomic mass is 10.2. The molecule has 0 N–H and O–H groups in total. The molecule has 0 radical (unpaired) electrons. The van der Waals surface area contributed by atoms with Gasteiger partial charge in [-0.3, -0.25) is 14.0 Å². The van der Waals surface area contributed by atoms with Gasteiger partial charge in [0.05, 0.1) is 15.3 Å². The third-order valence-electron chi connectivity index (χ3n) is 6.18. The standard InChI is InChI=1S/C26H24F2N4O3S2/c1-30(2)13-14-31(26-29-24-21(28)15-19(27)16-23(24)36-26)25(33)18-7-9-20(10-8-18)37(34,35)32-12-11-17-5-3-4-6-22(17)32/h3-10,15-16H,11-14H2,1-2H3. The van der Waals surface area contributed by atoms with Gasteiger partial charge in [-0.1, -0.05) is 29.5 Å². The molecular weight excluding hydrogens is 518 g/mol. The minimum absolute atomic E-state index is 0.00334. The number of sulfonamides is 1. The summed E-state index contributed by atoms with van der Waals surface area (Å²) in [5.41, 5.74) is 1.89. The predicted octanol–water partition coefficient (Wildman–Crippen LogP) is 4.53. The Morgan fingerprint density at radius 3 is 2.51 bits per heavy atom. The van der Waals surface area contributed by atoms with E-state index in [0.717, 1.165) is 23.0 Å². The summed E-state index contributed by atoms with van der Waals surface area (Å²) in [7, 11) is -0.0936. The Labute approximate surface area is 217 Å². The first-order valence-corrected chi connectivity index (χ1v) is 13.8. The highest BCUT2D eigenvalue weighted by Gasteiger charge is 2.31. The van der Waals surface area contributed by atoms with Crippen molar-refractivity contribution < 1.29 is 22.0 Å². The number of amides is 1. The second kappa shape index (κ2) is 9.81. The molecule has 0 spiro atoms. The van der Waals surface area contributed by atoms with E-state index in [1.807, 2.05) is 31.1 Å². The number of rotatable bonds is 7. The van der Waals surface area contributed by atoms with Crippen LogP contribution < -0.4 is 9.21 Å². The van der Waals surface area contributed by atoms with Gasteiger partial charge in [-0.2, -0.15) is 0 Å². The van der Waals surface area contributed by atoms with Gasteiger partial charge in [0.25, 0.3) is 15.9 Å². The molecule has 192 valence electrons. The summed E-state index contributed by atoms with van der Waals surface area (Å²) in [5, 5.41) is 0.233. The molecular formula is C26H24F2N4O3S2. The van der Waals surface area contributed by atoms with Crippen LogP contribution in [0, 0.1) is 11.6 Å². The second-order valence-electron chi connectivity index (χ2n) is 8.97. The second-order valence-corrected chi connectivity index (χ2v) is 11.8. The lowest BCUT2D eigenvalue weighted by Crippen LogP contribution is -2.36. The van der Waals surface area contributed by atoms with Crippen LogP contribution >= 0.6 is 11.3 Å². The number of hydrogen-bond acceptors (Lipinski definition) is 6. The zero-order valence-corrected chi connectivity index (χ0v) is 21.8. The van der Waals surface area contributed by atoms with E-state index in [9.17, 15) is 22.0 Å². The smallest absolute Gasteiger partial charge is 0.264 e.